The lowest BCUT2D eigenvalue weighted by Crippen LogP contribution is -2.29. The van der Waals surface area contributed by atoms with Crippen LogP contribution in [-0.2, 0) is 6.42 Å². The van der Waals surface area contributed by atoms with Crippen molar-refractivity contribution >= 4 is 21.8 Å². The third-order valence-electron chi connectivity index (χ3n) is 3.11. The van der Waals surface area contributed by atoms with Crippen LogP contribution in [0.2, 0.25) is 0 Å². The number of carbonyl (C=O) groups excluding carboxylic acids is 1. The van der Waals surface area contributed by atoms with Gasteiger partial charge in [0.25, 0.3) is 5.91 Å². The lowest BCUT2D eigenvalue weighted by molar-refractivity contribution is 0.0792. The van der Waals surface area contributed by atoms with Gasteiger partial charge in [0.05, 0.1) is 10.0 Å². The van der Waals surface area contributed by atoms with E-state index in [1.807, 2.05) is 30.3 Å². The van der Waals surface area contributed by atoms with E-state index in [0.717, 1.165) is 12.0 Å². The molecule has 2 rings (SSSR count). The second-order valence-electron chi connectivity index (χ2n) is 4.56. The van der Waals surface area contributed by atoms with Crippen LogP contribution in [0.1, 0.15) is 15.9 Å². The summed E-state index contributed by atoms with van der Waals surface area (Å²) in [4.78, 5) is 13.7. The van der Waals surface area contributed by atoms with Crippen molar-refractivity contribution in [3.05, 3.63) is 69.9 Å². The normalized spacial score (nSPS) is 10.3. The Morgan fingerprint density at radius 3 is 2.55 bits per heavy atom. The van der Waals surface area contributed by atoms with E-state index in [4.69, 9.17) is 0 Å². The molecule has 0 unspecified atom stereocenters. The van der Waals surface area contributed by atoms with E-state index < -0.39 is 5.82 Å². The van der Waals surface area contributed by atoms with Crippen LogP contribution >= 0.6 is 15.9 Å². The predicted molar refractivity (Wildman–Crippen MR) is 81.2 cm³/mol. The predicted octanol–water partition coefficient (Wildman–Crippen LogP) is 3.90. The molecule has 0 bridgehead atoms. The summed E-state index contributed by atoms with van der Waals surface area (Å²) in [6.07, 6.45) is 0.749. The van der Waals surface area contributed by atoms with E-state index in [0.29, 0.717) is 11.0 Å². The number of hydrogen-bond acceptors (Lipinski definition) is 1. The molecule has 0 heterocycles. The van der Waals surface area contributed by atoms with Gasteiger partial charge in [0.2, 0.25) is 0 Å². The zero-order chi connectivity index (χ0) is 14.5. The van der Waals surface area contributed by atoms with Crippen LogP contribution in [0.25, 0.3) is 0 Å². The molecular formula is C16H15BrFNO. The Hall–Kier alpha value is -1.68. The summed E-state index contributed by atoms with van der Waals surface area (Å²) in [6, 6.07) is 14.6. The van der Waals surface area contributed by atoms with Crippen molar-refractivity contribution in [2.75, 3.05) is 13.6 Å². The second-order valence-corrected chi connectivity index (χ2v) is 5.42. The molecule has 0 fully saturated rings. The Balaban J connectivity index is 2.04. The van der Waals surface area contributed by atoms with Crippen molar-refractivity contribution in [2.45, 2.75) is 6.42 Å². The van der Waals surface area contributed by atoms with E-state index in [1.54, 1.807) is 19.2 Å². The molecule has 0 saturated heterocycles. The van der Waals surface area contributed by atoms with Gasteiger partial charge in [-0.05, 0) is 40.0 Å². The van der Waals surface area contributed by atoms with Gasteiger partial charge in [-0.3, -0.25) is 4.79 Å². The van der Waals surface area contributed by atoms with E-state index >= 15 is 0 Å². The number of carbonyl (C=O) groups is 1. The number of likely N-dealkylation sites (N-methyl/N-ethyl adjacent to an activating group) is 1. The smallest absolute Gasteiger partial charge is 0.256 e. The summed E-state index contributed by atoms with van der Waals surface area (Å²) in [7, 11) is 1.69. The van der Waals surface area contributed by atoms with Crippen LogP contribution in [0.15, 0.2) is 53.0 Å². The zero-order valence-electron chi connectivity index (χ0n) is 11.1. The fraction of sp³-hybridized carbons (Fsp3) is 0.188. The second kappa shape index (κ2) is 6.66. The van der Waals surface area contributed by atoms with Crippen molar-refractivity contribution in [3.63, 3.8) is 0 Å². The number of hydrogen-bond donors (Lipinski definition) is 0. The van der Waals surface area contributed by atoms with Gasteiger partial charge in [-0.1, -0.05) is 36.4 Å². The van der Waals surface area contributed by atoms with Crippen LogP contribution in [0, 0.1) is 5.82 Å². The fourth-order valence-electron chi connectivity index (χ4n) is 1.92. The first-order valence-corrected chi connectivity index (χ1v) is 7.12. The first kappa shape index (κ1) is 14.7. The molecule has 0 radical (unpaired) electrons. The van der Waals surface area contributed by atoms with Crippen LogP contribution in [0.4, 0.5) is 4.39 Å². The molecule has 2 aromatic rings. The maximum Gasteiger partial charge on any atom is 0.256 e. The summed E-state index contributed by atoms with van der Waals surface area (Å²) >= 11 is 3.09. The van der Waals surface area contributed by atoms with Crippen molar-refractivity contribution in [1.29, 1.82) is 0 Å². The summed E-state index contributed by atoms with van der Waals surface area (Å²) in [5.41, 5.74) is 1.25. The minimum atomic E-state index is -0.510. The number of halogens is 2. The molecule has 104 valence electrons. The molecule has 0 aliphatic rings. The highest BCUT2D eigenvalue weighted by Gasteiger charge is 2.17. The van der Waals surface area contributed by atoms with E-state index in [9.17, 15) is 9.18 Å². The fourth-order valence-corrected chi connectivity index (χ4v) is 2.28. The van der Waals surface area contributed by atoms with Gasteiger partial charge in [-0.2, -0.15) is 0 Å². The van der Waals surface area contributed by atoms with Gasteiger partial charge in [0, 0.05) is 13.6 Å². The lowest BCUT2D eigenvalue weighted by Gasteiger charge is -2.17. The zero-order valence-corrected chi connectivity index (χ0v) is 12.7. The van der Waals surface area contributed by atoms with Crippen molar-refractivity contribution in [1.82, 2.24) is 4.90 Å². The first-order valence-electron chi connectivity index (χ1n) is 6.33. The van der Waals surface area contributed by atoms with Crippen LogP contribution in [0.3, 0.4) is 0 Å². The highest BCUT2D eigenvalue weighted by molar-refractivity contribution is 9.10. The van der Waals surface area contributed by atoms with E-state index in [2.05, 4.69) is 15.9 Å². The minimum Gasteiger partial charge on any atom is -0.341 e. The summed E-state index contributed by atoms with van der Waals surface area (Å²) < 4.78 is 14.2. The molecule has 0 N–H and O–H groups in total. The largest absolute Gasteiger partial charge is 0.341 e. The Labute approximate surface area is 126 Å². The van der Waals surface area contributed by atoms with Crippen molar-refractivity contribution < 1.29 is 9.18 Å². The van der Waals surface area contributed by atoms with Crippen LogP contribution < -0.4 is 0 Å². The highest BCUT2D eigenvalue weighted by atomic mass is 79.9. The summed E-state index contributed by atoms with van der Waals surface area (Å²) in [6.45, 7) is 0.550. The summed E-state index contributed by atoms with van der Waals surface area (Å²) in [5, 5.41) is 0. The third-order valence-corrected chi connectivity index (χ3v) is 3.72. The lowest BCUT2D eigenvalue weighted by atomic mass is 10.1. The SMILES string of the molecule is CN(CCc1ccccc1)C(=O)c1cccc(Br)c1F. The molecule has 0 aromatic heterocycles. The number of nitrogens with zero attached hydrogens (tertiary/aromatic N) is 1. The van der Waals surface area contributed by atoms with Crippen molar-refractivity contribution in [2.24, 2.45) is 0 Å². The molecule has 0 aliphatic carbocycles. The van der Waals surface area contributed by atoms with Gasteiger partial charge < -0.3 is 4.90 Å². The number of rotatable bonds is 4. The van der Waals surface area contributed by atoms with Crippen LogP contribution in [0.5, 0.6) is 0 Å². The third kappa shape index (κ3) is 3.45. The Kier molecular flexibility index (Phi) is 4.90. The molecule has 1 amide bonds. The molecule has 2 nitrogen and oxygen atoms in total. The standard InChI is InChI=1S/C16H15BrFNO/c1-19(11-10-12-6-3-2-4-7-12)16(20)13-8-5-9-14(17)15(13)18/h2-9H,10-11H2,1H3. The molecular weight excluding hydrogens is 321 g/mol. The average Bonchev–Trinajstić information content (AvgIpc) is 2.48. The highest BCUT2D eigenvalue weighted by Crippen LogP contribution is 2.19. The van der Waals surface area contributed by atoms with E-state index in [1.165, 1.54) is 11.0 Å². The Morgan fingerprint density at radius 1 is 1.15 bits per heavy atom. The molecule has 4 heteroatoms. The topological polar surface area (TPSA) is 20.3 Å². The molecule has 0 atom stereocenters. The molecule has 20 heavy (non-hydrogen) atoms. The molecule has 2 aromatic carbocycles. The van der Waals surface area contributed by atoms with Gasteiger partial charge in [0.1, 0.15) is 5.82 Å². The monoisotopic (exact) mass is 335 g/mol. The Morgan fingerprint density at radius 2 is 1.85 bits per heavy atom. The van der Waals surface area contributed by atoms with Crippen molar-refractivity contribution in [3.8, 4) is 0 Å². The maximum absolute atomic E-state index is 13.9. The number of benzene rings is 2. The quantitative estimate of drug-likeness (QED) is 0.829. The van der Waals surface area contributed by atoms with E-state index in [-0.39, 0.29) is 11.5 Å². The molecule has 0 saturated carbocycles. The summed E-state index contributed by atoms with van der Waals surface area (Å²) in [5.74, 6) is -0.816. The maximum atomic E-state index is 13.9. The van der Waals surface area contributed by atoms with Gasteiger partial charge in [0.15, 0.2) is 0 Å². The van der Waals surface area contributed by atoms with Gasteiger partial charge >= 0.3 is 0 Å². The first-order chi connectivity index (χ1) is 9.59. The minimum absolute atomic E-state index is 0.0925. The Bertz CT molecular complexity index is 601. The average molecular weight is 336 g/mol. The molecule has 0 spiro atoms. The van der Waals surface area contributed by atoms with Gasteiger partial charge in [-0.25, -0.2) is 4.39 Å². The molecule has 0 aliphatic heterocycles. The van der Waals surface area contributed by atoms with Crippen LogP contribution in [-0.4, -0.2) is 24.4 Å². The number of amides is 1. The van der Waals surface area contributed by atoms with Gasteiger partial charge in [-0.15, -0.1) is 0 Å².